The molecule has 1 aromatic heterocycles. The highest BCUT2D eigenvalue weighted by Crippen LogP contribution is 2.28. The minimum Gasteiger partial charge on any atom is -0.480 e. The third-order valence-corrected chi connectivity index (χ3v) is 7.29. The first-order chi connectivity index (χ1) is 13.2. The van der Waals surface area contributed by atoms with Crippen molar-refractivity contribution in [3.63, 3.8) is 0 Å². The lowest BCUT2D eigenvalue weighted by molar-refractivity contribution is -0.144. The Balaban J connectivity index is 1.80. The van der Waals surface area contributed by atoms with Crippen molar-refractivity contribution < 1.29 is 23.1 Å². The molecule has 2 heterocycles. The fraction of sp³-hybridized carbons (Fsp3) is 0.529. The van der Waals surface area contributed by atoms with Crippen LogP contribution in [0.15, 0.2) is 23.1 Å². The number of carbonyl (C=O) groups is 2. The lowest BCUT2D eigenvalue weighted by atomic mass is 9.97. The Morgan fingerprint density at radius 1 is 1.32 bits per heavy atom. The van der Waals surface area contributed by atoms with Crippen LogP contribution in [0.25, 0.3) is 11.0 Å². The summed E-state index contributed by atoms with van der Waals surface area (Å²) >= 11 is 0.945. The summed E-state index contributed by atoms with van der Waals surface area (Å²) in [4.78, 5) is 24.0. The summed E-state index contributed by atoms with van der Waals surface area (Å²) in [5.74, 6) is -2.42. The van der Waals surface area contributed by atoms with E-state index in [9.17, 15) is 23.1 Å². The number of carboxylic acid groups (broad SMARTS) is 1. The second-order valence-electron chi connectivity index (χ2n) is 7.16. The van der Waals surface area contributed by atoms with Gasteiger partial charge in [-0.3, -0.25) is 4.79 Å². The first-order valence-electron chi connectivity index (χ1n) is 8.96. The maximum absolute atomic E-state index is 13.1. The van der Waals surface area contributed by atoms with Gasteiger partial charge in [0.1, 0.15) is 22.0 Å². The number of nitrogens with one attached hydrogen (secondary N) is 1. The number of hydrogen-bond donors (Lipinski definition) is 2. The Morgan fingerprint density at radius 3 is 2.75 bits per heavy atom. The number of fused-ring (bicyclic) bond motifs is 1. The highest BCUT2D eigenvalue weighted by atomic mass is 32.2. The number of sulfonamides is 1. The molecule has 1 aliphatic rings. The van der Waals surface area contributed by atoms with Crippen LogP contribution in [-0.2, 0) is 19.6 Å². The van der Waals surface area contributed by atoms with Crippen molar-refractivity contribution in [3.8, 4) is 0 Å². The first-order valence-corrected chi connectivity index (χ1v) is 11.1. The number of aromatic nitrogens is 2. The lowest BCUT2D eigenvalue weighted by Crippen LogP contribution is -2.50. The van der Waals surface area contributed by atoms with Gasteiger partial charge in [-0.25, -0.2) is 13.2 Å². The van der Waals surface area contributed by atoms with Crippen LogP contribution in [-0.4, -0.2) is 57.6 Å². The molecule has 152 valence electrons. The normalized spacial score (nSPS) is 19.6. The molecule has 0 bridgehead atoms. The predicted molar refractivity (Wildman–Crippen MR) is 103 cm³/mol. The van der Waals surface area contributed by atoms with Crippen LogP contribution >= 0.6 is 11.7 Å². The highest BCUT2D eigenvalue weighted by molar-refractivity contribution is 7.89. The van der Waals surface area contributed by atoms with E-state index in [-0.39, 0.29) is 17.4 Å². The molecular weight excluding hydrogens is 404 g/mol. The van der Waals surface area contributed by atoms with Crippen LogP contribution in [0.2, 0.25) is 0 Å². The average Bonchev–Trinajstić information content (AvgIpc) is 3.14. The van der Waals surface area contributed by atoms with Gasteiger partial charge in [-0.05, 0) is 30.9 Å². The lowest BCUT2D eigenvalue weighted by Gasteiger charge is -2.32. The number of rotatable bonds is 6. The summed E-state index contributed by atoms with van der Waals surface area (Å²) in [6.07, 6.45) is 1.02. The zero-order valence-electron chi connectivity index (χ0n) is 15.5. The fourth-order valence-electron chi connectivity index (χ4n) is 3.29. The molecule has 28 heavy (non-hydrogen) atoms. The van der Waals surface area contributed by atoms with Gasteiger partial charge in [-0.2, -0.15) is 13.1 Å². The Bertz CT molecular complexity index is 988. The van der Waals surface area contributed by atoms with E-state index >= 15 is 0 Å². The van der Waals surface area contributed by atoms with Gasteiger partial charge in [0.05, 0.1) is 17.6 Å². The van der Waals surface area contributed by atoms with Crippen molar-refractivity contribution in [2.24, 2.45) is 11.8 Å². The number of benzene rings is 1. The maximum atomic E-state index is 13.1. The van der Waals surface area contributed by atoms with Gasteiger partial charge in [-0.15, -0.1) is 0 Å². The molecule has 1 fully saturated rings. The van der Waals surface area contributed by atoms with E-state index in [1.54, 1.807) is 26.0 Å². The van der Waals surface area contributed by atoms with E-state index in [0.29, 0.717) is 30.4 Å². The molecule has 0 saturated carbocycles. The summed E-state index contributed by atoms with van der Waals surface area (Å²) in [5, 5.41) is 11.8. The van der Waals surface area contributed by atoms with Crippen molar-refractivity contribution in [2.45, 2.75) is 37.6 Å². The number of piperidine rings is 1. The summed E-state index contributed by atoms with van der Waals surface area (Å²) < 4.78 is 35.7. The fourth-order valence-corrected chi connectivity index (χ4v) is 5.56. The van der Waals surface area contributed by atoms with E-state index in [1.165, 1.54) is 10.4 Å². The van der Waals surface area contributed by atoms with Crippen LogP contribution in [0.1, 0.15) is 26.7 Å². The van der Waals surface area contributed by atoms with Crippen molar-refractivity contribution >= 4 is 44.7 Å². The molecule has 0 aliphatic carbocycles. The first kappa shape index (κ1) is 20.6. The number of aliphatic carboxylic acids is 1. The third-order valence-electron chi connectivity index (χ3n) is 4.85. The molecule has 1 saturated heterocycles. The van der Waals surface area contributed by atoms with Crippen molar-refractivity contribution in [2.75, 3.05) is 13.1 Å². The zero-order valence-corrected chi connectivity index (χ0v) is 17.2. The van der Waals surface area contributed by atoms with E-state index < -0.39 is 33.9 Å². The quantitative estimate of drug-likeness (QED) is 0.712. The number of nitrogens with zero attached hydrogens (tertiary/aromatic N) is 3. The largest absolute Gasteiger partial charge is 0.480 e. The molecule has 2 atom stereocenters. The Morgan fingerprint density at radius 2 is 2.07 bits per heavy atom. The third kappa shape index (κ3) is 4.01. The van der Waals surface area contributed by atoms with E-state index in [2.05, 4.69) is 14.1 Å². The summed E-state index contributed by atoms with van der Waals surface area (Å²) in [6.45, 7) is 3.72. The number of hydrogen-bond acceptors (Lipinski definition) is 7. The molecule has 0 radical (unpaired) electrons. The van der Waals surface area contributed by atoms with E-state index in [0.717, 1.165) is 11.7 Å². The maximum Gasteiger partial charge on any atom is 0.326 e. The van der Waals surface area contributed by atoms with Crippen molar-refractivity contribution in [1.29, 1.82) is 0 Å². The minimum atomic E-state index is -3.84. The van der Waals surface area contributed by atoms with Crippen LogP contribution < -0.4 is 5.32 Å². The highest BCUT2D eigenvalue weighted by Gasteiger charge is 2.36. The van der Waals surface area contributed by atoms with Gasteiger partial charge >= 0.3 is 5.97 Å². The van der Waals surface area contributed by atoms with Gasteiger partial charge in [-0.1, -0.05) is 19.9 Å². The molecule has 3 rings (SSSR count). The summed E-state index contributed by atoms with van der Waals surface area (Å²) in [7, 11) is -3.84. The zero-order chi connectivity index (χ0) is 20.5. The Kier molecular flexibility index (Phi) is 5.96. The molecule has 2 aromatic rings. The second kappa shape index (κ2) is 8.10. The van der Waals surface area contributed by atoms with Gasteiger partial charge in [0, 0.05) is 13.1 Å². The second-order valence-corrected chi connectivity index (χ2v) is 9.59. The molecule has 1 aliphatic heterocycles. The monoisotopic (exact) mass is 426 g/mol. The molecule has 9 nitrogen and oxygen atoms in total. The minimum absolute atomic E-state index is 0.00650. The topological polar surface area (TPSA) is 130 Å². The molecule has 1 aromatic carbocycles. The average molecular weight is 427 g/mol. The molecule has 1 amide bonds. The SMILES string of the molecule is CC(C)[C@@H](NC(=O)[C@H]1CCCN(S(=O)(=O)c2cccc3nsnc23)C1)C(=O)O. The van der Waals surface area contributed by atoms with E-state index in [1.807, 2.05) is 0 Å². The van der Waals surface area contributed by atoms with Crippen LogP contribution in [0, 0.1) is 11.8 Å². The van der Waals surface area contributed by atoms with Crippen LogP contribution in [0.3, 0.4) is 0 Å². The van der Waals surface area contributed by atoms with E-state index in [4.69, 9.17) is 0 Å². The summed E-state index contributed by atoms with van der Waals surface area (Å²) in [6, 6.07) is 3.80. The number of amides is 1. The molecular formula is C17H22N4O5S2. The molecule has 11 heteroatoms. The van der Waals surface area contributed by atoms with Crippen LogP contribution in [0.5, 0.6) is 0 Å². The van der Waals surface area contributed by atoms with Gasteiger partial charge in [0.15, 0.2) is 0 Å². The standard InChI is InChI=1S/C17H22N4O5S2/c1-10(2)14(17(23)24)18-16(22)11-5-4-8-21(9-11)28(25,26)13-7-3-6-12-15(13)20-27-19-12/h3,6-7,10-11,14H,4-5,8-9H2,1-2H3,(H,18,22)(H,23,24)/t11-,14+/m0/s1. The summed E-state index contributed by atoms with van der Waals surface area (Å²) in [5.41, 5.74) is 0.837. The van der Waals surface area contributed by atoms with Gasteiger partial charge in [0.25, 0.3) is 0 Å². The van der Waals surface area contributed by atoms with Crippen LogP contribution in [0.4, 0.5) is 0 Å². The van der Waals surface area contributed by atoms with Crippen molar-refractivity contribution in [3.05, 3.63) is 18.2 Å². The molecule has 0 spiro atoms. The van der Waals surface area contributed by atoms with Gasteiger partial charge < -0.3 is 10.4 Å². The Labute approximate surface area is 167 Å². The number of carboxylic acids is 1. The van der Waals surface area contributed by atoms with Gasteiger partial charge in [0.2, 0.25) is 15.9 Å². The Hall–Kier alpha value is -2.11. The molecule has 2 N–H and O–H groups in total. The smallest absolute Gasteiger partial charge is 0.326 e. The predicted octanol–water partition coefficient (Wildman–Crippen LogP) is 1.32. The molecule has 0 unspecified atom stereocenters. The van der Waals surface area contributed by atoms with Crippen molar-refractivity contribution in [1.82, 2.24) is 18.4 Å². The number of carbonyl (C=O) groups excluding carboxylic acids is 1.